The number of aryl methyl sites for hydroxylation is 2. The number of carbonyl (C=O) groups excluding carboxylic acids is 3. The van der Waals surface area contributed by atoms with E-state index in [9.17, 15) is 14.4 Å². The molecule has 1 N–H and O–H groups in total. The average Bonchev–Trinajstić information content (AvgIpc) is 3.21. The maximum atomic E-state index is 12.9. The number of nitrogens with zero attached hydrogens (tertiary/aromatic N) is 2. The van der Waals surface area contributed by atoms with Gasteiger partial charge >= 0.3 is 0 Å². The molecule has 3 amide bonds. The third kappa shape index (κ3) is 4.92. The molecule has 0 atom stereocenters. The first kappa shape index (κ1) is 24.1. The molecule has 9 heteroatoms. The van der Waals surface area contributed by atoms with Gasteiger partial charge < -0.3 is 9.88 Å². The summed E-state index contributed by atoms with van der Waals surface area (Å²) in [5.74, 6) is -0.979. The van der Waals surface area contributed by atoms with Crippen LogP contribution in [0.15, 0.2) is 53.4 Å². The van der Waals surface area contributed by atoms with Gasteiger partial charge in [-0.2, -0.15) is 0 Å². The second-order valence-corrected chi connectivity index (χ2v) is 9.76. The van der Waals surface area contributed by atoms with E-state index in [0.717, 1.165) is 44.9 Å². The fraction of sp³-hybridized carbons (Fsp3) is 0.160. The third-order valence-corrected chi connectivity index (χ3v) is 7.04. The normalized spacial score (nSPS) is 14.9. The molecule has 0 unspecified atom stereocenters. The molecule has 6 nitrogen and oxygen atoms in total. The standard InChI is InChI=1S/C25H21Cl2N3O3S/c1-14-4-7-19(12-21(14)27)28-23(31)13-29-24(32)22(34-25(29)33)11-17-10-15(2)30(16(17)3)20-8-5-18(26)6-9-20/h4-12H,13H2,1-3H3,(H,28,31)/b22-11+. The van der Waals surface area contributed by atoms with E-state index in [0.29, 0.717) is 15.7 Å². The van der Waals surface area contributed by atoms with Crippen molar-refractivity contribution < 1.29 is 14.4 Å². The van der Waals surface area contributed by atoms with Crippen molar-refractivity contribution in [1.29, 1.82) is 0 Å². The highest BCUT2D eigenvalue weighted by molar-refractivity contribution is 8.18. The number of benzene rings is 2. The van der Waals surface area contributed by atoms with Crippen molar-refractivity contribution in [3.63, 3.8) is 0 Å². The van der Waals surface area contributed by atoms with Gasteiger partial charge in [0.1, 0.15) is 6.54 Å². The first-order valence-corrected chi connectivity index (χ1v) is 12.0. The summed E-state index contributed by atoms with van der Waals surface area (Å²) in [7, 11) is 0. The lowest BCUT2D eigenvalue weighted by Crippen LogP contribution is -2.36. The number of amides is 3. The van der Waals surface area contributed by atoms with Crippen molar-refractivity contribution in [1.82, 2.24) is 9.47 Å². The van der Waals surface area contributed by atoms with E-state index in [2.05, 4.69) is 5.32 Å². The predicted octanol–water partition coefficient (Wildman–Crippen LogP) is 6.38. The van der Waals surface area contributed by atoms with Crippen LogP contribution in [-0.4, -0.2) is 33.1 Å². The van der Waals surface area contributed by atoms with Crippen molar-refractivity contribution >= 4 is 63.8 Å². The van der Waals surface area contributed by atoms with Gasteiger partial charge in [0.05, 0.1) is 4.91 Å². The molecule has 0 aliphatic carbocycles. The number of hydrogen-bond donors (Lipinski definition) is 1. The summed E-state index contributed by atoms with van der Waals surface area (Å²) < 4.78 is 2.05. The summed E-state index contributed by atoms with van der Waals surface area (Å²) in [6, 6.07) is 14.5. The molecule has 0 saturated carbocycles. The van der Waals surface area contributed by atoms with Crippen LogP contribution in [0.4, 0.5) is 10.5 Å². The molecule has 1 aliphatic rings. The Balaban J connectivity index is 1.52. The highest BCUT2D eigenvalue weighted by atomic mass is 35.5. The molecule has 4 rings (SSSR count). The lowest BCUT2D eigenvalue weighted by atomic mass is 10.2. The van der Waals surface area contributed by atoms with Crippen molar-refractivity contribution in [2.75, 3.05) is 11.9 Å². The van der Waals surface area contributed by atoms with Gasteiger partial charge in [0, 0.05) is 32.8 Å². The summed E-state index contributed by atoms with van der Waals surface area (Å²) in [6.07, 6.45) is 1.69. The minimum atomic E-state index is -0.497. The molecule has 0 bridgehead atoms. The monoisotopic (exact) mass is 513 g/mol. The largest absolute Gasteiger partial charge is 0.324 e. The fourth-order valence-electron chi connectivity index (χ4n) is 3.71. The molecule has 3 aromatic rings. The van der Waals surface area contributed by atoms with Crippen LogP contribution < -0.4 is 5.32 Å². The van der Waals surface area contributed by atoms with Gasteiger partial charge in [0.25, 0.3) is 11.1 Å². The average molecular weight is 514 g/mol. The Kier molecular flexibility index (Phi) is 6.89. The number of hydrogen-bond acceptors (Lipinski definition) is 4. The summed E-state index contributed by atoms with van der Waals surface area (Å²) in [4.78, 5) is 39.1. The minimum absolute atomic E-state index is 0.271. The molecular formula is C25H21Cl2N3O3S. The Labute approximate surface area is 211 Å². The van der Waals surface area contributed by atoms with Gasteiger partial charge in [-0.1, -0.05) is 29.3 Å². The number of rotatable bonds is 5. The molecule has 0 spiro atoms. The smallest absolute Gasteiger partial charge is 0.294 e. The lowest BCUT2D eigenvalue weighted by molar-refractivity contribution is -0.127. The maximum absolute atomic E-state index is 12.9. The van der Waals surface area contributed by atoms with Crippen LogP contribution in [-0.2, 0) is 9.59 Å². The van der Waals surface area contributed by atoms with Crippen molar-refractivity contribution in [3.8, 4) is 5.69 Å². The number of carbonyl (C=O) groups is 3. The van der Waals surface area contributed by atoms with Gasteiger partial charge in [-0.25, -0.2) is 0 Å². The third-order valence-electron chi connectivity index (χ3n) is 5.47. The Morgan fingerprint density at radius 1 is 1.03 bits per heavy atom. The highest BCUT2D eigenvalue weighted by Crippen LogP contribution is 2.34. The van der Waals surface area contributed by atoms with Crippen LogP contribution in [0.1, 0.15) is 22.5 Å². The summed E-state index contributed by atoms with van der Waals surface area (Å²) in [5, 5.41) is 3.35. The Morgan fingerprint density at radius 3 is 2.41 bits per heavy atom. The second kappa shape index (κ2) is 9.70. The molecule has 1 saturated heterocycles. The number of aromatic nitrogens is 1. The maximum Gasteiger partial charge on any atom is 0.294 e. The molecule has 1 aromatic heterocycles. The molecule has 174 valence electrons. The van der Waals surface area contributed by atoms with Gasteiger partial charge in [-0.3, -0.25) is 19.3 Å². The number of thioether (sulfide) groups is 1. The number of anilines is 1. The molecule has 0 radical (unpaired) electrons. The zero-order valence-electron chi connectivity index (χ0n) is 18.7. The van der Waals surface area contributed by atoms with Gasteiger partial charge in [0.2, 0.25) is 5.91 Å². The molecular weight excluding hydrogens is 493 g/mol. The first-order valence-electron chi connectivity index (χ1n) is 10.4. The van der Waals surface area contributed by atoms with E-state index in [-0.39, 0.29) is 11.4 Å². The SMILES string of the molecule is Cc1ccc(NC(=O)CN2C(=O)S/C(=C/c3cc(C)n(-c4ccc(Cl)cc4)c3C)C2=O)cc1Cl. The quantitative estimate of drug-likeness (QED) is 0.401. The predicted molar refractivity (Wildman–Crippen MR) is 138 cm³/mol. The van der Waals surface area contributed by atoms with Crippen molar-refractivity contribution in [2.45, 2.75) is 20.8 Å². The summed E-state index contributed by atoms with van der Waals surface area (Å²) in [5.41, 5.74) is 5.03. The molecule has 2 heterocycles. The van der Waals surface area contributed by atoms with Crippen LogP contribution in [0.3, 0.4) is 0 Å². The molecule has 34 heavy (non-hydrogen) atoms. The molecule has 2 aromatic carbocycles. The van der Waals surface area contributed by atoms with E-state index in [1.807, 2.05) is 55.7 Å². The first-order chi connectivity index (χ1) is 16.1. The Morgan fingerprint density at radius 2 is 1.74 bits per heavy atom. The van der Waals surface area contributed by atoms with Gasteiger partial charge in [0.15, 0.2) is 0 Å². The topological polar surface area (TPSA) is 71.4 Å². The van der Waals surface area contributed by atoms with Gasteiger partial charge in [-0.15, -0.1) is 0 Å². The van der Waals surface area contributed by atoms with Crippen LogP contribution in [0.25, 0.3) is 11.8 Å². The fourth-order valence-corrected chi connectivity index (χ4v) is 4.85. The summed E-state index contributed by atoms with van der Waals surface area (Å²) >= 11 is 12.9. The Bertz CT molecular complexity index is 1350. The summed E-state index contributed by atoms with van der Waals surface area (Å²) in [6.45, 7) is 5.38. The Hall–Kier alpha value is -3.00. The van der Waals surface area contributed by atoms with Crippen LogP contribution in [0.5, 0.6) is 0 Å². The number of halogens is 2. The van der Waals surface area contributed by atoms with Crippen LogP contribution >= 0.6 is 35.0 Å². The lowest BCUT2D eigenvalue weighted by Gasteiger charge is -2.13. The zero-order valence-corrected chi connectivity index (χ0v) is 21.0. The van der Waals surface area contributed by atoms with E-state index in [4.69, 9.17) is 23.2 Å². The van der Waals surface area contributed by atoms with Crippen molar-refractivity contribution in [3.05, 3.63) is 86.0 Å². The molecule has 1 aliphatic heterocycles. The van der Waals surface area contributed by atoms with Crippen LogP contribution in [0.2, 0.25) is 10.0 Å². The van der Waals surface area contributed by atoms with E-state index < -0.39 is 17.1 Å². The molecule has 1 fully saturated rings. The zero-order chi connectivity index (χ0) is 24.6. The van der Waals surface area contributed by atoms with Crippen LogP contribution in [0, 0.1) is 20.8 Å². The van der Waals surface area contributed by atoms with E-state index >= 15 is 0 Å². The van der Waals surface area contributed by atoms with E-state index in [1.165, 1.54) is 0 Å². The second-order valence-electron chi connectivity index (χ2n) is 7.92. The minimum Gasteiger partial charge on any atom is -0.324 e. The highest BCUT2D eigenvalue weighted by Gasteiger charge is 2.36. The van der Waals surface area contributed by atoms with E-state index in [1.54, 1.807) is 24.3 Å². The van der Waals surface area contributed by atoms with Gasteiger partial charge in [-0.05, 0) is 92.2 Å². The number of nitrogens with one attached hydrogen (secondary N) is 1. The number of imide groups is 1. The van der Waals surface area contributed by atoms with Crippen molar-refractivity contribution in [2.24, 2.45) is 0 Å².